The highest BCUT2D eigenvalue weighted by atomic mass is 35.5. The number of hydrogen-bond donors (Lipinski definition) is 2. The highest BCUT2D eigenvalue weighted by Crippen LogP contribution is 2.28. The maximum atomic E-state index is 13.0. The Morgan fingerprint density at radius 3 is 2.69 bits per heavy atom. The Bertz CT molecular complexity index is 1070. The van der Waals surface area contributed by atoms with Gasteiger partial charge in [0.1, 0.15) is 5.82 Å². The minimum atomic E-state index is -0.201. The maximum absolute atomic E-state index is 13.0. The summed E-state index contributed by atoms with van der Waals surface area (Å²) in [6.45, 7) is 1.73. The molecule has 1 aliphatic heterocycles. The third kappa shape index (κ3) is 5.00. The van der Waals surface area contributed by atoms with E-state index in [0.717, 1.165) is 37.3 Å². The Kier molecular flexibility index (Phi) is 6.87. The number of anilines is 3. The van der Waals surface area contributed by atoms with Crippen molar-refractivity contribution in [3.8, 4) is 0 Å². The number of pyridine rings is 2. The van der Waals surface area contributed by atoms with Gasteiger partial charge in [-0.05, 0) is 49.2 Å². The number of carbonyl (C=O) groups excluding carboxylic acids is 1. The largest absolute Gasteiger partial charge is 0.390 e. The summed E-state index contributed by atoms with van der Waals surface area (Å²) in [5, 5.41) is 12.7. The average molecular weight is 452 g/mol. The predicted octanol–water partition coefficient (Wildman–Crippen LogP) is 3.98. The molecule has 1 fully saturated rings. The van der Waals surface area contributed by atoms with Gasteiger partial charge < -0.3 is 20.2 Å². The molecule has 4 rings (SSSR count). The molecule has 0 aliphatic carbocycles. The van der Waals surface area contributed by atoms with Crippen LogP contribution in [0.4, 0.5) is 17.2 Å². The standard InChI is InChI=1S/C24H26ClN5O2/c1-29(19-9-12-30(13-10-19)20-8-11-26-18(14-20)16-31)22-5-3-2-4-21(22)24(32)28-23-7-6-17(25)15-27-23/h2-8,11,14-15,19,31H,9-10,12-13,16H2,1H3,(H,27,28,32). The number of benzene rings is 1. The molecule has 1 saturated heterocycles. The van der Waals surface area contributed by atoms with Crippen LogP contribution >= 0.6 is 11.6 Å². The molecule has 7 nitrogen and oxygen atoms in total. The van der Waals surface area contributed by atoms with Gasteiger partial charge in [0, 0.05) is 49.9 Å². The Morgan fingerprint density at radius 1 is 1.19 bits per heavy atom. The van der Waals surface area contributed by atoms with Crippen molar-refractivity contribution in [1.29, 1.82) is 0 Å². The Balaban J connectivity index is 1.44. The molecule has 0 atom stereocenters. The SMILES string of the molecule is CN(c1ccccc1C(=O)Nc1ccc(Cl)cn1)C1CCN(c2ccnc(CO)c2)CC1. The number of aromatic nitrogens is 2. The van der Waals surface area contributed by atoms with Gasteiger partial charge in [-0.3, -0.25) is 9.78 Å². The van der Waals surface area contributed by atoms with E-state index < -0.39 is 0 Å². The number of hydrogen-bond acceptors (Lipinski definition) is 6. The van der Waals surface area contributed by atoms with Crippen LogP contribution in [0.3, 0.4) is 0 Å². The van der Waals surface area contributed by atoms with Gasteiger partial charge in [-0.25, -0.2) is 4.98 Å². The first-order chi connectivity index (χ1) is 15.5. The van der Waals surface area contributed by atoms with Gasteiger partial charge in [0.25, 0.3) is 5.91 Å². The monoisotopic (exact) mass is 451 g/mol. The summed E-state index contributed by atoms with van der Waals surface area (Å²) >= 11 is 5.88. The third-order valence-electron chi connectivity index (χ3n) is 5.84. The summed E-state index contributed by atoms with van der Waals surface area (Å²) in [7, 11) is 2.04. The fourth-order valence-electron chi connectivity index (χ4n) is 4.06. The highest BCUT2D eigenvalue weighted by Gasteiger charge is 2.25. The van der Waals surface area contributed by atoms with Gasteiger partial charge >= 0.3 is 0 Å². The quantitative estimate of drug-likeness (QED) is 0.590. The summed E-state index contributed by atoms with van der Waals surface area (Å²) in [5.41, 5.74) is 3.26. The van der Waals surface area contributed by atoms with E-state index in [9.17, 15) is 9.90 Å². The molecule has 166 valence electrons. The summed E-state index contributed by atoms with van der Waals surface area (Å²) in [5.74, 6) is 0.262. The van der Waals surface area contributed by atoms with Gasteiger partial charge in [0.2, 0.25) is 0 Å². The summed E-state index contributed by atoms with van der Waals surface area (Å²) in [4.78, 5) is 25.8. The second kappa shape index (κ2) is 9.97. The van der Waals surface area contributed by atoms with E-state index in [4.69, 9.17) is 11.6 Å². The van der Waals surface area contributed by atoms with Crippen LogP contribution in [-0.4, -0.2) is 47.2 Å². The highest BCUT2D eigenvalue weighted by molar-refractivity contribution is 6.30. The zero-order chi connectivity index (χ0) is 22.5. The van der Waals surface area contributed by atoms with E-state index in [1.807, 2.05) is 43.4 Å². The molecular weight excluding hydrogens is 426 g/mol. The van der Waals surface area contributed by atoms with Crippen LogP contribution in [0.15, 0.2) is 60.9 Å². The molecule has 0 unspecified atom stereocenters. The van der Waals surface area contributed by atoms with E-state index in [1.54, 1.807) is 18.3 Å². The summed E-state index contributed by atoms with van der Waals surface area (Å²) in [6.07, 6.45) is 5.17. The number of piperidine rings is 1. The van der Waals surface area contributed by atoms with Crippen LogP contribution in [-0.2, 0) is 6.61 Å². The van der Waals surface area contributed by atoms with E-state index in [2.05, 4.69) is 25.1 Å². The van der Waals surface area contributed by atoms with Crippen LogP contribution in [0.5, 0.6) is 0 Å². The normalized spacial score (nSPS) is 14.3. The lowest BCUT2D eigenvalue weighted by molar-refractivity contribution is 0.102. The van der Waals surface area contributed by atoms with Crippen LogP contribution in [0.25, 0.3) is 0 Å². The Hall–Kier alpha value is -3.16. The molecule has 0 spiro atoms. The van der Waals surface area contributed by atoms with Crippen LogP contribution in [0.1, 0.15) is 28.9 Å². The molecular formula is C24H26ClN5O2. The molecule has 1 aromatic carbocycles. The lowest BCUT2D eigenvalue weighted by Crippen LogP contribution is -2.44. The van der Waals surface area contributed by atoms with Crippen molar-refractivity contribution in [3.05, 3.63) is 77.2 Å². The number of aliphatic hydroxyl groups is 1. The maximum Gasteiger partial charge on any atom is 0.258 e. The van der Waals surface area contributed by atoms with Gasteiger partial charge in [-0.2, -0.15) is 0 Å². The molecule has 3 aromatic rings. The zero-order valence-corrected chi connectivity index (χ0v) is 18.7. The van der Waals surface area contributed by atoms with Crippen LogP contribution in [0, 0.1) is 0 Å². The Labute approximate surface area is 192 Å². The van der Waals surface area contributed by atoms with E-state index >= 15 is 0 Å². The molecule has 0 saturated carbocycles. The van der Waals surface area contributed by atoms with Gasteiger partial charge in [0.05, 0.1) is 22.9 Å². The Morgan fingerprint density at radius 2 is 1.97 bits per heavy atom. The zero-order valence-electron chi connectivity index (χ0n) is 17.9. The first kappa shape index (κ1) is 22.0. The molecule has 1 amide bonds. The van der Waals surface area contributed by atoms with Gasteiger partial charge in [-0.1, -0.05) is 23.7 Å². The molecule has 32 heavy (non-hydrogen) atoms. The topological polar surface area (TPSA) is 81.6 Å². The van der Waals surface area contributed by atoms with Crippen molar-refractivity contribution in [2.45, 2.75) is 25.5 Å². The number of rotatable bonds is 6. The number of nitrogens with one attached hydrogen (secondary N) is 1. The van der Waals surface area contributed by atoms with E-state index in [-0.39, 0.29) is 12.5 Å². The number of para-hydroxylation sites is 1. The fourth-order valence-corrected chi connectivity index (χ4v) is 4.18. The third-order valence-corrected chi connectivity index (χ3v) is 6.06. The van der Waals surface area contributed by atoms with Crippen molar-refractivity contribution >= 4 is 34.7 Å². The van der Waals surface area contributed by atoms with Crippen molar-refractivity contribution in [2.75, 3.05) is 35.3 Å². The molecule has 8 heteroatoms. The molecule has 0 bridgehead atoms. The van der Waals surface area contributed by atoms with Crippen molar-refractivity contribution in [2.24, 2.45) is 0 Å². The number of nitrogens with zero attached hydrogens (tertiary/aromatic N) is 4. The van der Waals surface area contributed by atoms with Crippen molar-refractivity contribution < 1.29 is 9.90 Å². The number of carbonyl (C=O) groups is 1. The number of halogens is 1. The van der Waals surface area contributed by atoms with E-state index in [0.29, 0.717) is 28.1 Å². The lowest BCUT2D eigenvalue weighted by atomic mass is 10.0. The average Bonchev–Trinajstić information content (AvgIpc) is 2.85. The molecule has 1 aliphatic rings. The second-order valence-corrected chi connectivity index (χ2v) is 8.26. The molecule has 2 aromatic heterocycles. The second-order valence-electron chi connectivity index (χ2n) is 7.83. The number of aliphatic hydroxyl groups excluding tert-OH is 1. The number of amides is 1. The minimum Gasteiger partial charge on any atom is -0.390 e. The molecule has 2 N–H and O–H groups in total. The summed E-state index contributed by atoms with van der Waals surface area (Å²) < 4.78 is 0. The lowest BCUT2D eigenvalue weighted by Gasteiger charge is -2.39. The van der Waals surface area contributed by atoms with Gasteiger partial charge in [0.15, 0.2) is 0 Å². The first-order valence-corrected chi connectivity index (χ1v) is 11.0. The molecule has 0 radical (unpaired) electrons. The summed E-state index contributed by atoms with van der Waals surface area (Å²) in [6, 6.07) is 15.2. The fraction of sp³-hybridized carbons (Fsp3) is 0.292. The van der Waals surface area contributed by atoms with Crippen molar-refractivity contribution in [3.63, 3.8) is 0 Å². The minimum absolute atomic E-state index is 0.0581. The van der Waals surface area contributed by atoms with Crippen LogP contribution in [0.2, 0.25) is 5.02 Å². The van der Waals surface area contributed by atoms with Crippen molar-refractivity contribution in [1.82, 2.24) is 9.97 Å². The first-order valence-electron chi connectivity index (χ1n) is 10.6. The smallest absolute Gasteiger partial charge is 0.258 e. The van der Waals surface area contributed by atoms with Gasteiger partial charge in [-0.15, -0.1) is 0 Å². The predicted molar refractivity (Wildman–Crippen MR) is 127 cm³/mol. The molecule has 3 heterocycles. The van der Waals surface area contributed by atoms with Crippen LogP contribution < -0.4 is 15.1 Å². The van der Waals surface area contributed by atoms with E-state index in [1.165, 1.54) is 6.20 Å².